The second-order valence-electron chi connectivity index (χ2n) is 4.74. The van der Waals surface area contributed by atoms with Crippen LogP contribution in [0, 0.1) is 5.41 Å². The molecule has 2 rings (SSSR count). The minimum atomic E-state index is 0.398. The first-order valence-electron chi connectivity index (χ1n) is 5.46. The lowest BCUT2D eigenvalue weighted by molar-refractivity contribution is -0.149. The van der Waals surface area contributed by atoms with E-state index in [1.54, 1.807) is 0 Å². The van der Waals surface area contributed by atoms with Crippen molar-refractivity contribution >= 4 is 15.9 Å². The molecule has 0 aliphatic heterocycles. The normalized spacial score (nSPS) is 45.5. The fourth-order valence-corrected chi connectivity index (χ4v) is 3.13. The summed E-state index contributed by atoms with van der Waals surface area (Å²) >= 11 is 3.73. The van der Waals surface area contributed by atoms with Crippen molar-refractivity contribution in [3.63, 3.8) is 0 Å². The van der Waals surface area contributed by atoms with Gasteiger partial charge in [0.05, 0.1) is 12.2 Å². The topological polar surface area (TPSA) is 9.23 Å². The molecule has 0 aromatic rings. The molecule has 2 fully saturated rings. The Bertz CT molecular complexity index is 191. The van der Waals surface area contributed by atoms with Crippen LogP contribution >= 0.6 is 15.9 Å². The molecule has 0 aromatic heterocycles. The Morgan fingerprint density at radius 2 is 2.15 bits per heavy atom. The highest BCUT2D eigenvalue weighted by atomic mass is 79.9. The molecular weight excluding hydrogens is 228 g/mol. The second-order valence-corrected chi connectivity index (χ2v) is 5.85. The average Bonchev–Trinajstić information content (AvgIpc) is 2.07. The highest BCUT2D eigenvalue weighted by Gasteiger charge is 2.50. The molecule has 3 atom stereocenters. The van der Waals surface area contributed by atoms with Crippen LogP contribution in [0.2, 0.25) is 0 Å². The van der Waals surface area contributed by atoms with Crippen LogP contribution in [-0.4, -0.2) is 17.0 Å². The van der Waals surface area contributed by atoms with E-state index < -0.39 is 0 Å². The van der Waals surface area contributed by atoms with Gasteiger partial charge in [0.15, 0.2) is 0 Å². The number of hydrogen-bond acceptors (Lipinski definition) is 1. The van der Waals surface area contributed by atoms with Crippen molar-refractivity contribution in [2.24, 2.45) is 5.41 Å². The van der Waals surface area contributed by atoms with Gasteiger partial charge >= 0.3 is 0 Å². The summed E-state index contributed by atoms with van der Waals surface area (Å²) in [5.74, 6) is 0. The van der Waals surface area contributed by atoms with E-state index in [2.05, 4.69) is 29.8 Å². The smallest absolute Gasteiger partial charge is 0.0653 e. The van der Waals surface area contributed by atoms with E-state index in [0.29, 0.717) is 22.5 Å². The minimum absolute atomic E-state index is 0.398. The SMILES string of the molecule is CCC1(C)C(Br)CC1OC1CCC1. The molecule has 0 radical (unpaired) electrons. The highest BCUT2D eigenvalue weighted by Crippen LogP contribution is 2.51. The van der Waals surface area contributed by atoms with Crippen molar-refractivity contribution in [2.45, 2.75) is 63.0 Å². The van der Waals surface area contributed by atoms with Crippen LogP contribution in [0.5, 0.6) is 0 Å². The summed E-state index contributed by atoms with van der Waals surface area (Å²) in [6.45, 7) is 4.61. The predicted octanol–water partition coefficient (Wildman–Crippen LogP) is 3.51. The highest BCUT2D eigenvalue weighted by molar-refractivity contribution is 9.09. The van der Waals surface area contributed by atoms with E-state index in [1.807, 2.05) is 0 Å². The molecule has 76 valence electrons. The number of halogens is 1. The van der Waals surface area contributed by atoms with Crippen LogP contribution in [0.25, 0.3) is 0 Å². The molecular formula is C11H19BrO. The van der Waals surface area contributed by atoms with E-state index >= 15 is 0 Å². The molecule has 0 aromatic carbocycles. The molecule has 2 aliphatic rings. The number of hydrogen-bond donors (Lipinski definition) is 0. The van der Waals surface area contributed by atoms with Crippen molar-refractivity contribution in [3.05, 3.63) is 0 Å². The minimum Gasteiger partial charge on any atom is -0.374 e. The Hall–Kier alpha value is 0.440. The van der Waals surface area contributed by atoms with E-state index in [1.165, 1.54) is 32.1 Å². The Morgan fingerprint density at radius 3 is 2.54 bits per heavy atom. The summed E-state index contributed by atoms with van der Waals surface area (Å²) in [4.78, 5) is 0.676. The van der Waals surface area contributed by atoms with Crippen LogP contribution in [0.4, 0.5) is 0 Å². The van der Waals surface area contributed by atoms with Gasteiger partial charge in [-0.2, -0.15) is 0 Å². The molecule has 2 aliphatic carbocycles. The van der Waals surface area contributed by atoms with Gasteiger partial charge in [0.25, 0.3) is 0 Å². The molecule has 2 heteroatoms. The van der Waals surface area contributed by atoms with E-state index in [0.717, 1.165) is 0 Å². The van der Waals surface area contributed by atoms with Gasteiger partial charge in [0, 0.05) is 10.2 Å². The summed E-state index contributed by atoms with van der Waals surface area (Å²) in [6, 6.07) is 0. The van der Waals surface area contributed by atoms with Crippen LogP contribution in [0.15, 0.2) is 0 Å². The van der Waals surface area contributed by atoms with Gasteiger partial charge < -0.3 is 4.74 Å². The van der Waals surface area contributed by atoms with Gasteiger partial charge in [0.2, 0.25) is 0 Å². The molecule has 0 N–H and O–H groups in total. The average molecular weight is 247 g/mol. The van der Waals surface area contributed by atoms with Crippen molar-refractivity contribution in [2.75, 3.05) is 0 Å². The molecule has 0 saturated heterocycles. The van der Waals surface area contributed by atoms with Gasteiger partial charge in [-0.25, -0.2) is 0 Å². The van der Waals surface area contributed by atoms with Gasteiger partial charge in [-0.05, 0) is 32.1 Å². The van der Waals surface area contributed by atoms with Gasteiger partial charge in [0.1, 0.15) is 0 Å². The Kier molecular flexibility index (Phi) is 2.72. The van der Waals surface area contributed by atoms with E-state index in [-0.39, 0.29) is 0 Å². The zero-order chi connectivity index (χ0) is 9.47. The standard InChI is InChI=1S/C11H19BrO/c1-3-11(2)9(12)7-10(11)13-8-5-4-6-8/h8-10H,3-7H2,1-2H3. The van der Waals surface area contributed by atoms with Crippen LogP contribution in [-0.2, 0) is 4.74 Å². The summed E-state index contributed by atoms with van der Waals surface area (Å²) in [6.07, 6.45) is 7.51. The van der Waals surface area contributed by atoms with Crippen molar-refractivity contribution in [1.29, 1.82) is 0 Å². The Labute approximate surface area is 89.4 Å². The Morgan fingerprint density at radius 1 is 1.46 bits per heavy atom. The number of alkyl halides is 1. The Balaban J connectivity index is 1.86. The monoisotopic (exact) mass is 246 g/mol. The molecule has 3 unspecified atom stereocenters. The summed E-state index contributed by atoms with van der Waals surface area (Å²) in [5, 5.41) is 0. The number of rotatable bonds is 3. The quantitative estimate of drug-likeness (QED) is 0.693. The molecule has 0 spiro atoms. The van der Waals surface area contributed by atoms with Crippen LogP contribution < -0.4 is 0 Å². The van der Waals surface area contributed by atoms with Gasteiger partial charge in [-0.1, -0.05) is 29.8 Å². The van der Waals surface area contributed by atoms with Crippen molar-refractivity contribution in [3.8, 4) is 0 Å². The van der Waals surface area contributed by atoms with Gasteiger partial charge in [-0.15, -0.1) is 0 Å². The first-order chi connectivity index (χ1) is 6.16. The molecule has 13 heavy (non-hydrogen) atoms. The van der Waals surface area contributed by atoms with Crippen LogP contribution in [0.3, 0.4) is 0 Å². The van der Waals surface area contributed by atoms with E-state index in [9.17, 15) is 0 Å². The lowest BCUT2D eigenvalue weighted by Gasteiger charge is -2.52. The lowest BCUT2D eigenvalue weighted by Crippen LogP contribution is -2.54. The zero-order valence-corrected chi connectivity index (χ0v) is 10.1. The lowest BCUT2D eigenvalue weighted by atomic mass is 9.65. The summed E-state index contributed by atoms with van der Waals surface area (Å²) in [7, 11) is 0. The molecule has 0 bridgehead atoms. The zero-order valence-electron chi connectivity index (χ0n) is 8.55. The largest absolute Gasteiger partial charge is 0.374 e. The molecule has 0 heterocycles. The summed E-state index contributed by atoms with van der Waals surface area (Å²) in [5.41, 5.74) is 0.398. The maximum atomic E-state index is 6.07. The van der Waals surface area contributed by atoms with Crippen LogP contribution in [0.1, 0.15) is 46.0 Å². The first-order valence-corrected chi connectivity index (χ1v) is 6.38. The van der Waals surface area contributed by atoms with Crippen molar-refractivity contribution < 1.29 is 4.74 Å². The maximum Gasteiger partial charge on any atom is 0.0653 e. The fourth-order valence-electron chi connectivity index (χ4n) is 2.17. The maximum absolute atomic E-state index is 6.07. The molecule has 2 saturated carbocycles. The van der Waals surface area contributed by atoms with E-state index in [4.69, 9.17) is 4.74 Å². The van der Waals surface area contributed by atoms with Gasteiger partial charge in [-0.3, -0.25) is 0 Å². The molecule has 1 nitrogen and oxygen atoms in total. The predicted molar refractivity (Wildman–Crippen MR) is 58.2 cm³/mol. The first kappa shape index (κ1) is 9.97. The molecule has 0 amide bonds. The fraction of sp³-hybridized carbons (Fsp3) is 1.00. The number of ether oxygens (including phenoxy) is 1. The third-order valence-electron chi connectivity index (χ3n) is 4.04. The van der Waals surface area contributed by atoms with Crippen molar-refractivity contribution in [1.82, 2.24) is 0 Å². The third-order valence-corrected chi connectivity index (χ3v) is 5.46. The summed E-state index contributed by atoms with van der Waals surface area (Å²) < 4.78 is 6.07. The third kappa shape index (κ3) is 1.56. The second kappa shape index (κ2) is 3.54.